The third-order valence-electron chi connectivity index (χ3n) is 6.31. The van der Waals surface area contributed by atoms with E-state index in [9.17, 15) is 9.18 Å². The second kappa shape index (κ2) is 10.2. The Labute approximate surface area is 209 Å². The zero-order chi connectivity index (χ0) is 25.1. The summed E-state index contributed by atoms with van der Waals surface area (Å²) in [5, 5.41) is 4.79. The van der Waals surface area contributed by atoms with Crippen molar-refractivity contribution in [3.05, 3.63) is 95.8 Å². The minimum Gasteiger partial charge on any atom is -0.493 e. The molecule has 1 saturated carbocycles. The molecule has 6 nitrogen and oxygen atoms in total. The molecule has 0 spiro atoms. The number of methoxy groups -OCH3 is 1. The Kier molecular flexibility index (Phi) is 6.71. The van der Waals surface area contributed by atoms with Crippen LogP contribution in [0, 0.1) is 11.7 Å². The fourth-order valence-electron chi connectivity index (χ4n) is 4.26. The number of halogens is 1. The maximum absolute atomic E-state index is 13.6. The third-order valence-corrected chi connectivity index (χ3v) is 6.31. The van der Waals surface area contributed by atoms with Crippen LogP contribution in [-0.2, 0) is 13.6 Å². The van der Waals surface area contributed by atoms with Crippen LogP contribution in [0.4, 0.5) is 4.39 Å². The lowest BCUT2D eigenvalue weighted by Crippen LogP contribution is -2.32. The average molecular weight is 486 g/mol. The van der Waals surface area contributed by atoms with Crippen molar-refractivity contribution in [2.75, 3.05) is 13.7 Å². The van der Waals surface area contributed by atoms with E-state index in [-0.39, 0.29) is 11.7 Å². The van der Waals surface area contributed by atoms with E-state index >= 15 is 0 Å². The zero-order valence-electron chi connectivity index (χ0n) is 20.4. The van der Waals surface area contributed by atoms with Gasteiger partial charge in [-0.1, -0.05) is 42.5 Å². The van der Waals surface area contributed by atoms with Crippen LogP contribution < -0.4 is 9.47 Å². The number of hydrogen-bond acceptors (Lipinski definition) is 4. The summed E-state index contributed by atoms with van der Waals surface area (Å²) in [4.78, 5) is 15.4. The summed E-state index contributed by atoms with van der Waals surface area (Å²) in [6.07, 6.45) is 2.19. The highest BCUT2D eigenvalue weighted by molar-refractivity contribution is 5.94. The van der Waals surface area contributed by atoms with Crippen LogP contribution in [0.1, 0.15) is 28.8 Å². The smallest absolute Gasteiger partial charge is 0.254 e. The Morgan fingerprint density at radius 1 is 1.00 bits per heavy atom. The summed E-state index contributed by atoms with van der Waals surface area (Å²) in [6.45, 7) is 0.919. The maximum atomic E-state index is 13.6. The standard InChI is InChI=1S/C29H28FN3O3/c1-32-29(36-26-11-7-6-10-25(26)35-2)24(27(31-32)21-8-4-3-5-9-21)19-33(18-20-12-13-20)28(34)22-14-16-23(30)17-15-22/h3-11,14-17,20H,12-13,18-19H2,1-2H3. The second-order valence-electron chi connectivity index (χ2n) is 9.01. The van der Waals surface area contributed by atoms with E-state index in [0.717, 1.165) is 29.7 Å². The Morgan fingerprint density at radius 2 is 1.67 bits per heavy atom. The van der Waals surface area contributed by atoms with Crippen LogP contribution in [0.5, 0.6) is 17.4 Å². The van der Waals surface area contributed by atoms with Crippen molar-refractivity contribution >= 4 is 5.91 Å². The Balaban J connectivity index is 1.56. The predicted octanol–water partition coefficient (Wildman–Crippen LogP) is 6.08. The molecule has 184 valence electrons. The van der Waals surface area contributed by atoms with Gasteiger partial charge in [-0.2, -0.15) is 5.10 Å². The lowest BCUT2D eigenvalue weighted by atomic mass is 10.1. The predicted molar refractivity (Wildman–Crippen MR) is 136 cm³/mol. The van der Waals surface area contributed by atoms with Crippen molar-refractivity contribution in [3.8, 4) is 28.6 Å². The summed E-state index contributed by atoms with van der Waals surface area (Å²) < 4.78 is 27.1. The molecule has 1 amide bonds. The van der Waals surface area contributed by atoms with Gasteiger partial charge in [0.2, 0.25) is 5.88 Å². The summed E-state index contributed by atoms with van der Waals surface area (Å²) in [5.74, 6) is 1.64. The summed E-state index contributed by atoms with van der Waals surface area (Å²) in [5.41, 5.74) is 2.93. The monoisotopic (exact) mass is 485 g/mol. The van der Waals surface area contributed by atoms with Crippen molar-refractivity contribution < 1.29 is 18.7 Å². The number of nitrogens with zero attached hydrogens (tertiary/aromatic N) is 3. The molecular formula is C29H28FN3O3. The van der Waals surface area contributed by atoms with E-state index in [1.54, 1.807) is 11.8 Å². The fourth-order valence-corrected chi connectivity index (χ4v) is 4.26. The SMILES string of the molecule is COc1ccccc1Oc1c(CN(CC2CC2)C(=O)c2ccc(F)cc2)c(-c2ccccc2)nn1C. The topological polar surface area (TPSA) is 56.6 Å². The van der Waals surface area contributed by atoms with E-state index in [1.807, 2.05) is 66.5 Å². The number of carbonyl (C=O) groups is 1. The Hall–Kier alpha value is -4.13. The normalized spacial score (nSPS) is 12.9. The number of aromatic nitrogens is 2. The lowest BCUT2D eigenvalue weighted by Gasteiger charge is -2.24. The number of amides is 1. The van der Waals surface area contributed by atoms with Crippen LogP contribution in [0.2, 0.25) is 0 Å². The maximum Gasteiger partial charge on any atom is 0.254 e. The molecule has 4 aromatic rings. The van der Waals surface area contributed by atoms with Gasteiger partial charge in [0.25, 0.3) is 5.91 Å². The molecule has 1 aliphatic rings. The van der Waals surface area contributed by atoms with Crippen LogP contribution in [0.15, 0.2) is 78.9 Å². The molecule has 7 heteroatoms. The van der Waals surface area contributed by atoms with E-state index < -0.39 is 0 Å². The number of ether oxygens (including phenoxy) is 2. The van der Waals surface area contributed by atoms with Gasteiger partial charge in [0.1, 0.15) is 11.5 Å². The molecule has 0 unspecified atom stereocenters. The van der Waals surface area contributed by atoms with Crippen LogP contribution in [-0.4, -0.2) is 34.2 Å². The van der Waals surface area contributed by atoms with Gasteiger partial charge in [0.15, 0.2) is 11.5 Å². The minimum absolute atomic E-state index is 0.145. The third kappa shape index (κ3) is 5.10. The molecule has 1 heterocycles. The number of hydrogen-bond donors (Lipinski definition) is 0. The van der Waals surface area contributed by atoms with Gasteiger partial charge >= 0.3 is 0 Å². The molecule has 1 fully saturated rings. The molecule has 1 aliphatic carbocycles. The van der Waals surface area contributed by atoms with E-state index in [0.29, 0.717) is 41.9 Å². The first-order valence-electron chi connectivity index (χ1n) is 12.0. The molecule has 0 N–H and O–H groups in total. The summed E-state index contributed by atoms with van der Waals surface area (Å²) in [7, 11) is 3.42. The number of para-hydroxylation sites is 2. The first-order chi connectivity index (χ1) is 17.5. The molecule has 0 aliphatic heterocycles. The van der Waals surface area contributed by atoms with Gasteiger partial charge in [-0.15, -0.1) is 0 Å². The fraction of sp³-hybridized carbons (Fsp3) is 0.241. The number of carbonyl (C=O) groups excluding carboxylic acids is 1. The molecule has 3 aromatic carbocycles. The average Bonchev–Trinajstić information content (AvgIpc) is 3.68. The van der Waals surface area contributed by atoms with Gasteiger partial charge in [0, 0.05) is 24.7 Å². The second-order valence-corrected chi connectivity index (χ2v) is 9.01. The quantitative estimate of drug-likeness (QED) is 0.288. The van der Waals surface area contributed by atoms with Gasteiger partial charge in [-0.05, 0) is 55.2 Å². The zero-order valence-corrected chi connectivity index (χ0v) is 20.4. The Morgan fingerprint density at radius 3 is 2.33 bits per heavy atom. The van der Waals surface area contributed by atoms with Crippen LogP contribution in [0.3, 0.4) is 0 Å². The van der Waals surface area contributed by atoms with Crippen LogP contribution >= 0.6 is 0 Å². The van der Waals surface area contributed by atoms with E-state index in [2.05, 4.69) is 0 Å². The van der Waals surface area contributed by atoms with Crippen molar-refractivity contribution in [2.24, 2.45) is 13.0 Å². The highest BCUT2D eigenvalue weighted by Gasteiger charge is 2.30. The summed E-state index contributed by atoms with van der Waals surface area (Å²) in [6, 6.07) is 23.0. The molecule has 0 radical (unpaired) electrons. The first-order valence-corrected chi connectivity index (χ1v) is 12.0. The van der Waals surface area contributed by atoms with Crippen molar-refractivity contribution in [1.82, 2.24) is 14.7 Å². The minimum atomic E-state index is -0.369. The van der Waals surface area contributed by atoms with Gasteiger partial charge < -0.3 is 14.4 Å². The van der Waals surface area contributed by atoms with Crippen molar-refractivity contribution in [1.29, 1.82) is 0 Å². The molecule has 36 heavy (non-hydrogen) atoms. The molecule has 0 atom stereocenters. The number of rotatable bonds is 9. The van der Waals surface area contributed by atoms with Gasteiger partial charge in [0.05, 0.1) is 19.2 Å². The van der Waals surface area contributed by atoms with Gasteiger partial charge in [-0.3, -0.25) is 4.79 Å². The molecule has 1 aromatic heterocycles. The molecule has 0 saturated heterocycles. The Bertz CT molecular complexity index is 1350. The molecular weight excluding hydrogens is 457 g/mol. The first kappa shape index (κ1) is 23.6. The largest absolute Gasteiger partial charge is 0.493 e. The van der Waals surface area contributed by atoms with Gasteiger partial charge in [-0.25, -0.2) is 9.07 Å². The lowest BCUT2D eigenvalue weighted by molar-refractivity contribution is 0.0734. The van der Waals surface area contributed by atoms with Crippen molar-refractivity contribution in [2.45, 2.75) is 19.4 Å². The number of benzene rings is 3. The van der Waals surface area contributed by atoms with Crippen molar-refractivity contribution in [3.63, 3.8) is 0 Å². The molecule has 0 bridgehead atoms. The van der Waals surface area contributed by atoms with E-state index in [4.69, 9.17) is 14.6 Å². The van der Waals surface area contributed by atoms with Crippen LogP contribution in [0.25, 0.3) is 11.3 Å². The highest BCUT2D eigenvalue weighted by atomic mass is 19.1. The highest BCUT2D eigenvalue weighted by Crippen LogP contribution is 2.38. The molecule has 5 rings (SSSR count). The summed E-state index contributed by atoms with van der Waals surface area (Å²) >= 11 is 0. The number of aryl methyl sites for hydroxylation is 1. The van der Waals surface area contributed by atoms with E-state index in [1.165, 1.54) is 24.3 Å².